The van der Waals surface area contributed by atoms with E-state index in [4.69, 9.17) is 9.47 Å². The smallest absolute Gasteiger partial charge is 0.334 e. The predicted octanol–water partition coefficient (Wildman–Crippen LogP) is 14.0. The Morgan fingerprint density at radius 3 is 1.32 bits per heavy atom. The van der Waals surface area contributed by atoms with Crippen molar-refractivity contribution in [3.05, 3.63) is 196 Å². The number of carbonyl (C=O) groups excluding carboxylic acids is 4. The SMILES string of the molecule is C=C(CBr)C(=O)OCC.C=C1C[C@@]2(CCCC3=Cc4c(cnn4-c4ccc(F)cc4)C[C@@]32C)OC1=O.C=C1C[C@]2(CCCC3=Cc4c(cnn4-c4ccc(F)cc4)C[C@@]32C)OC1=O.C[C@]12Cc3cnn(-c4ccc(F)cc4)c3C=C1CCCC2=O. The van der Waals surface area contributed by atoms with Crippen molar-refractivity contribution in [2.24, 2.45) is 16.2 Å². The van der Waals surface area contributed by atoms with Gasteiger partial charge in [0.1, 0.15) is 34.4 Å². The Morgan fingerprint density at radius 1 is 0.576 bits per heavy atom. The Labute approximate surface area is 501 Å². The first-order valence-electron chi connectivity index (χ1n) is 29.0. The van der Waals surface area contributed by atoms with Crippen molar-refractivity contribution in [2.75, 3.05) is 11.9 Å². The number of allylic oxidation sites excluding steroid dienone is 1. The van der Waals surface area contributed by atoms with Gasteiger partial charge in [0.05, 0.1) is 64.8 Å². The van der Waals surface area contributed by atoms with Gasteiger partial charge in [0.25, 0.3) is 0 Å². The van der Waals surface area contributed by atoms with Gasteiger partial charge in [-0.2, -0.15) is 15.3 Å². The Kier molecular flexibility index (Phi) is 15.8. The average Bonchev–Trinajstić information content (AvgIpc) is 2.02. The molecule has 2 spiro atoms. The number of rotatable bonds is 6. The molecule has 0 N–H and O–H groups in total. The van der Waals surface area contributed by atoms with E-state index in [0.29, 0.717) is 60.1 Å². The third kappa shape index (κ3) is 10.5. The number of aromatic nitrogens is 6. The summed E-state index contributed by atoms with van der Waals surface area (Å²) < 4.78 is 61.7. The van der Waals surface area contributed by atoms with Crippen LogP contribution in [-0.4, -0.2) is 76.2 Å². The van der Waals surface area contributed by atoms with Gasteiger partial charge >= 0.3 is 17.9 Å². The molecule has 0 amide bonds. The lowest BCUT2D eigenvalue weighted by Gasteiger charge is -2.51. The fraction of sp³-hybridized carbons (Fsp3) is 0.368. The third-order valence-electron chi connectivity index (χ3n) is 19.0. The van der Waals surface area contributed by atoms with Gasteiger partial charge in [-0.05, 0) is 192 Å². The number of fused-ring (bicyclic) bond motifs is 8. The summed E-state index contributed by atoms with van der Waals surface area (Å²) in [5.41, 5.74) is 12.5. The molecule has 440 valence electrons. The van der Waals surface area contributed by atoms with Gasteiger partial charge in [-0.15, -0.1) is 0 Å². The second-order valence-corrected chi connectivity index (χ2v) is 24.7. The largest absolute Gasteiger partial charge is 0.463 e. The molecule has 6 aliphatic carbocycles. The van der Waals surface area contributed by atoms with Crippen LogP contribution in [0.5, 0.6) is 0 Å². The Balaban J connectivity index is 0.000000124. The summed E-state index contributed by atoms with van der Waals surface area (Å²) in [6.45, 7) is 19.9. The van der Waals surface area contributed by atoms with E-state index in [1.54, 1.807) is 43.3 Å². The quantitative estimate of drug-likeness (QED) is 0.0682. The molecular weight excluding hydrogens is 1150 g/mol. The summed E-state index contributed by atoms with van der Waals surface area (Å²) in [7, 11) is 0. The minimum absolute atomic E-state index is 0.246. The molecule has 3 aromatic carbocycles. The lowest BCUT2D eigenvalue weighted by molar-refractivity contribution is -0.161. The van der Waals surface area contributed by atoms with Crippen LogP contribution >= 0.6 is 15.9 Å². The molecular formula is C68H68BrF3N6O7. The molecule has 14 rings (SSSR count). The molecule has 0 unspecified atom stereocenters. The number of halogens is 4. The molecule has 17 heteroatoms. The van der Waals surface area contributed by atoms with Crippen molar-refractivity contribution in [1.29, 1.82) is 0 Å². The standard InChI is InChI=1S/2C22H21FN2O2.C18H17FN2O.C6H9BrO2/c2*1-14-11-22(27-20(14)26)9-3-4-16-10-19-15(12-21(16,22)2)13-24-25(19)18-7-5-17(23)6-8-18;1-18-10-12-11-20-21(15-7-5-14(19)6-8-15)16(12)9-13(18)3-2-4-17(18)22;1-3-9-6(8)5(2)4-7/h2*5-8,10,13H,1,3-4,9,11-12H2,2H3;5-9,11H,2-4,10H2,1H3;2-4H2,1H3/t21-,22+;21-,22-;18-;/m000./s1. The maximum absolute atomic E-state index is 13.3. The first-order chi connectivity index (χ1) is 40.6. The fourth-order valence-corrected chi connectivity index (χ4v) is 14.3. The number of ether oxygens (including phenoxy) is 3. The molecule has 5 atom stereocenters. The zero-order valence-electron chi connectivity index (χ0n) is 48.4. The first kappa shape index (κ1) is 58.8. The number of Topliss-reactive ketones (excluding diaryl/α,β-unsaturated/α-hetero) is 1. The van der Waals surface area contributed by atoms with Crippen LogP contribution in [0, 0.1) is 33.7 Å². The third-order valence-corrected chi connectivity index (χ3v) is 19.6. The molecule has 2 saturated heterocycles. The molecule has 8 aliphatic rings. The maximum atomic E-state index is 13.3. The minimum atomic E-state index is -0.499. The van der Waals surface area contributed by atoms with Gasteiger partial charge < -0.3 is 14.2 Å². The minimum Gasteiger partial charge on any atom is -0.463 e. The number of esters is 3. The number of nitrogens with zero attached hydrogens (tertiary/aromatic N) is 6. The van der Waals surface area contributed by atoms with Crippen molar-refractivity contribution >= 4 is 57.8 Å². The number of ketones is 1. The van der Waals surface area contributed by atoms with Crippen molar-refractivity contribution in [3.63, 3.8) is 0 Å². The fourth-order valence-electron chi connectivity index (χ4n) is 14.1. The second kappa shape index (κ2) is 22.8. The van der Waals surface area contributed by atoms with Gasteiger partial charge in [-0.1, -0.05) is 66.2 Å². The number of benzene rings is 3. The topological polar surface area (TPSA) is 149 Å². The van der Waals surface area contributed by atoms with Crippen LogP contribution in [0.25, 0.3) is 35.3 Å². The van der Waals surface area contributed by atoms with Crippen LogP contribution in [0.15, 0.2) is 145 Å². The predicted molar refractivity (Wildman–Crippen MR) is 321 cm³/mol. The molecule has 3 saturated carbocycles. The van der Waals surface area contributed by atoms with Gasteiger partial charge in [0.2, 0.25) is 0 Å². The molecule has 2 aliphatic heterocycles. The van der Waals surface area contributed by atoms with E-state index in [1.165, 1.54) is 53.1 Å². The number of hydrogen-bond acceptors (Lipinski definition) is 10. The summed E-state index contributed by atoms with van der Waals surface area (Å²) in [6, 6.07) is 19.1. The van der Waals surface area contributed by atoms with Gasteiger partial charge in [0, 0.05) is 52.1 Å². The Hall–Kier alpha value is -7.92. The van der Waals surface area contributed by atoms with Crippen LogP contribution in [0.1, 0.15) is 132 Å². The lowest BCUT2D eigenvalue weighted by atomic mass is 9.56. The second-order valence-electron chi connectivity index (χ2n) is 24.1. The van der Waals surface area contributed by atoms with E-state index in [1.807, 2.05) is 32.6 Å². The lowest BCUT2D eigenvalue weighted by Crippen LogP contribution is -2.52. The van der Waals surface area contributed by atoms with E-state index in [2.05, 4.69) is 94.7 Å². The summed E-state index contributed by atoms with van der Waals surface area (Å²) in [5, 5.41) is 14.0. The van der Waals surface area contributed by atoms with Crippen molar-refractivity contribution in [1.82, 2.24) is 29.3 Å². The molecule has 3 aromatic heterocycles. The highest BCUT2D eigenvalue weighted by Gasteiger charge is 2.61. The van der Waals surface area contributed by atoms with Crippen LogP contribution in [-0.2, 0) is 52.7 Å². The van der Waals surface area contributed by atoms with E-state index >= 15 is 0 Å². The van der Waals surface area contributed by atoms with Crippen LogP contribution < -0.4 is 0 Å². The molecule has 5 heterocycles. The average molecular weight is 1220 g/mol. The van der Waals surface area contributed by atoms with E-state index in [0.717, 1.165) is 115 Å². The van der Waals surface area contributed by atoms with Crippen molar-refractivity contribution in [2.45, 2.75) is 129 Å². The number of hydrogen-bond donors (Lipinski definition) is 0. The summed E-state index contributed by atoms with van der Waals surface area (Å²) >= 11 is 3.08. The van der Waals surface area contributed by atoms with E-state index in [-0.39, 0.29) is 51.6 Å². The van der Waals surface area contributed by atoms with Crippen molar-refractivity contribution < 1.29 is 46.6 Å². The van der Waals surface area contributed by atoms with Gasteiger partial charge in [0.15, 0.2) is 0 Å². The molecule has 0 radical (unpaired) electrons. The summed E-state index contributed by atoms with van der Waals surface area (Å²) in [6.07, 6.45) is 23.8. The van der Waals surface area contributed by atoms with Crippen LogP contribution in [0.4, 0.5) is 13.2 Å². The highest BCUT2D eigenvalue weighted by atomic mass is 79.9. The Morgan fingerprint density at radius 2 is 0.953 bits per heavy atom. The van der Waals surface area contributed by atoms with Crippen LogP contribution in [0.3, 0.4) is 0 Å². The molecule has 5 fully saturated rings. The summed E-state index contributed by atoms with van der Waals surface area (Å²) in [4.78, 5) is 47.3. The number of alkyl halides is 1. The molecule has 0 bridgehead atoms. The maximum Gasteiger partial charge on any atom is 0.334 e. The van der Waals surface area contributed by atoms with Gasteiger partial charge in [-0.25, -0.2) is 41.6 Å². The van der Waals surface area contributed by atoms with Crippen molar-refractivity contribution in [3.8, 4) is 17.1 Å². The summed E-state index contributed by atoms with van der Waals surface area (Å²) in [5.74, 6) is -1.28. The van der Waals surface area contributed by atoms with Gasteiger partial charge in [-0.3, -0.25) is 4.79 Å². The zero-order valence-corrected chi connectivity index (χ0v) is 50.0. The highest BCUT2D eigenvalue weighted by Crippen LogP contribution is 2.60. The highest BCUT2D eigenvalue weighted by molar-refractivity contribution is 9.09. The van der Waals surface area contributed by atoms with E-state index in [9.17, 15) is 32.3 Å². The van der Waals surface area contributed by atoms with E-state index < -0.39 is 11.2 Å². The molecule has 85 heavy (non-hydrogen) atoms. The number of carbonyl (C=O) groups is 4. The Bertz CT molecular complexity index is 3620. The zero-order chi connectivity index (χ0) is 60.2. The normalized spacial score (nSPS) is 25.7. The van der Waals surface area contributed by atoms with Crippen LogP contribution in [0.2, 0.25) is 0 Å². The molecule has 13 nitrogen and oxygen atoms in total. The first-order valence-corrected chi connectivity index (χ1v) is 30.1. The monoisotopic (exact) mass is 1220 g/mol. The molecule has 6 aromatic rings.